The first-order valence-corrected chi connectivity index (χ1v) is 5.30. The van der Waals surface area contributed by atoms with E-state index in [4.69, 9.17) is 25.2 Å². The number of benzene rings is 1. The molecular formula is C13H16N2O3. The van der Waals surface area contributed by atoms with Gasteiger partial charge in [-0.2, -0.15) is 5.26 Å². The predicted octanol–water partition coefficient (Wildman–Crippen LogP) is 1.58. The average Bonchev–Trinajstić information content (AvgIpc) is 2.43. The van der Waals surface area contributed by atoms with Gasteiger partial charge in [-0.15, -0.1) is 0 Å². The minimum Gasteiger partial charge on any atom is -0.493 e. The van der Waals surface area contributed by atoms with Gasteiger partial charge in [0.1, 0.15) is 0 Å². The lowest BCUT2D eigenvalue weighted by Crippen LogP contribution is -2.01. The molecule has 5 nitrogen and oxygen atoms in total. The van der Waals surface area contributed by atoms with E-state index in [1.165, 1.54) is 7.11 Å². The van der Waals surface area contributed by atoms with E-state index in [0.717, 1.165) is 5.56 Å². The molecule has 0 aliphatic carbocycles. The molecule has 1 rings (SSSR count). The van der Waals surface area contributed by atoms with E-state index in [2.05, 4.69) is 0 Å². The second-order valence-corrected chi connectivity index (χ2v) is 3.44. The number of methoxy groups -OCH3 is 3. The Bertz CT molecular complexity index is 464. The van der Waals surface area contributed by atoms with Crippen molar-refractivity contribution in [3.8, 4) is 23.3 Å². The first-order valence-electron chi connectivity index (χ1n) is 5.30. The van der Waals surface area contributed by atoms with Crippen molar-refractivity contribution in [3.05, 3.63) is 23.3 Å². The quantitative estimate of drug-likeness (QED) is 0.800. The molecule has 0 amide bonds. The van der Waals surface area contributed by atoms with Crippen molar-refractivity contribution in [1.82, 2.24) is 0 Å². The SMILES string of the molecule is COc1cc(C=C(C#N)CN)cc(OC)c1OC. The third-order valence-corrected chi connectivity index (χ3v) is 2.39. The summed E-state index contributed by atoms with van der Waals surface area (Å²) in [5.74, 6) is 1.60. The lowest BCUT2D eigenvalue weighted by molar-refractivity contribution is 0.324. The van der Waals surface area contributed by atoms with Crippen molar-refractivity contribution < 1.29 is 14.2 Å². The fourth-order valence-electron chi connectivity index (χ4n) is 1.52. The van der Waals surface area contributed by atoms with Crippen LogP contribution in [-0.2, 0) is 0 Å². The van der Waals surface area contributed by atoms with Crippen molar-refractivity contribution in [2.45, 2.75) is 0 Å². The van der Waals surface area contributed by atoms with E-state index in [1.807, 2.05) is 6.07 Å². The van der Waals surface area contributed by atoms with Gasteiger partial charge in [-0.3, -0.25) is 0 Å². The van der Waals surface area contributed by atoms with E-state index >= 15 is 0 Å². The summed E-state index contributed by atoms with van der Waals surface area (Å²) in [4.78, 5) is 0. The molecule has 0 aliphatic rings. The Hall–Kier alpha value is -2.19. The monoisotopic (exact) mass is 248 g/mol. The minimum atomic E-state index is 0.188. The molecule has 0 bridgehead atoms. The normalized spacial score (nSPS) is 10.7. The summed E-state index contributed by atoms with van der Waals surface area (Å²) in [5, 5.41) is 8.86. The lowest BCUT2D eigenvalue weighted by atomic mass is 10.1. The Balaban J connectivity index is 3.32. The second-order valence-electron chi connectivity index (χ2n) is 3.44. The summed E-state index contributed by atoms with van der Waals surface area (Å²) in [6.07, 6.45) is 1.68. The summed E-state index contributed by atoms with van der Waals surface area (Å²) in [5.41, 5.74) is 6.70. The van der Waals surface area contributed by atoms with Crippen LogP contribution >= 0.6 is 0 Å². The third kappa shape index (κ3) is 2.93. The van der Waals surface area contributed by atoms with Crippen molar-refractivity contribution in [2.24, 2.45) is 5.73 Å². The molecular weight excluding hydrogens is 232 g/mol. The Morgan fingerprint density at radius 2 is 1.78 bits per heavy atom. The molecule has 1 aromatic carbocycles. The van der Waals surface area contributed by atoms with E-state index in [0.29, 0.717) is 22.8 Å². The molecule has 96 valence electrons. The Kier molecular flexibility index (Phi) is 5.03. The average molecular weight is 248 g/mol. The Morgan fingerprint density at radius 1 is 1.22 bits per heavy atom. The van der Waals surface area contributed by atoms with Gasteiger partial charge in [0.15, 0.2) is 11.5 Å². The highest BCUT2D eigenvalue weighted by Crippen LogP contribution is 2.38. The molecule has 0 unspecified atom stereocenters. The highest BCUT2D eigenvalue weighted by molar-refractivity contribution is 5.65. The number of hydrogen-bond donors (Lipinski definition) is 1. The van der Waals surface area contributed by atoms with Gasteiger partial charge >= 0.3 is 0 Å². The molecule has 0 radical (unpaired) electrons. The summed E-state index contributed by atoms with van der Waals surface area (Å²) in [6, 6.07) is 5.54. The van der Waals surface area contributed by atoms with Crippen LogP contribution in [0.3, 0.4) is 0 Å². The van der Waals surface area contributed by atoms with Crippen LogP contribution in [0.5, 0.6) is 17.2 Å². The number of nitriles is 1. The van der Waals surface area contributed by atoms with Gasteiger partial charge in [0.2, 0.25) is 5.75 Å². The van der Waals surface area contributed by atoms with Crippen LogP contribution in [-0.4, -0.2) is 27.9 Å². The molecule has 18 heavy (non-hydrogen) atoms. The minimum absolute atomic E-state index is 0.188. The maximum atomic E-state index is 8.86. The van der Waals surface area contributed by atoms with Crippen molar-refractivity contribution in [2.75, 3.05) is 27.9 Å². The van der Waals surface area contributed by atoms with Gasteiger partial charge in [-0.05, 0) is 23.8 Å². The van der Waals surface area contributed by atoms with E-state index in [1.54, 1.807) is 32.4 Å². The summed E-state index contributed by atoms with van der Waals surface area (Å²) in [7, 11) is 4.62. The topological polar surface area (TPSA) is 77.5 Å². The number of nitrogens with two attached hydrogens (primary N) is 1. The summed E-state index contributed by atoms with van der Waals surface area (Å²) in [6.45, 7) is 0.188. The number of ether oxygens (including phenoxy) is 3. The smallest absolute Gasteiger partial charge is 0.203 e. The molecule has 0 fully saturated rings. The van der Waals surface area contributed by atoms with E-state index in [-0.39, 0.29) is 6.54 Å². The van der Waals surface area contributed by atoms with E-state index in [9.17, 15) is 0 Å². The Labute approximate surface area is 106 Å². The highest BCUT2D eigenvalue weighted by Gasteiger charge is 2.12. The van der Waals surface area contributed by atoms with Crippen LogP contribution in [0.2, 0.25) is 0 Å². The third-order valence-electron chi connectivity index (χ3n) is 2.39. The highest BCUT2D eigenvalue weighted by atomic mass is 16.5. The van der Waals surface area contributed by atoms with Crippen LogP contribution in [0, 0.1) is 11.3 Å². The van der Waals surface area contributed by atoms with Gasteiger partial charge < -0.3 is 19.9 Å². The van der Waals surface area contributed by atoms with Gasteiger partial charge in [-0.1, -0.05) is 0 Å². The maximum Gasteiger partial charge on any atom is 0.203 e. The molecule has 0 atom stereocenters. The molecule has 5 heteroatoms. The van der Waals surface area contributed by atoms with Crippen LogP contribution in [0.1, 0.15) is 5.56 Å². The first kappa shape index (κ1) is 13.9. The van der Waals surface area contributed by atoms with Gasteiger partial charge in [-0.25, -0.2) is 0 Å². The molecule has 1 aromatic rings. The van der Waals surface area contributed by atoms with Crippen molar-refractivity contribution >= 4 is 6.08 Å². The fourth-order valence-corrected chi connectivity index (χ4v) is 1.52. The van der Waals surface area contributed by atoms with Crippen molar-refractivity contribution in [3.63, 3.8) is 0 Å². The number of hydrogen-bond acceptors (Lipinski definition) is 5. The Morgan fingerprint density at radius 3 is 2.11 bits per heavy atom. The van der Waals surface area contributed by atoms with Gasteiger partial charge in [0, 0.05) is 12.1 Å². The molecule has 0 aromatic heterocycles. The zero-order valence-electron chi connectivity index (χ0n) is 10.7. The molecule has 2 N–H and O–H groups in total. The molecule has 0 spiro atoms. The number of rotatable bonds is 5. The summed E-state index contributed by atoms with van der Waals surface area (Å²) < 4.78 is 15.7. The van der Waals surface area contributed by atoms with Gasteiger partial charge in [0.25, 0.3) is 0 Å². The molecule has 0 aliphatic heterocycles. The number of nitrogens with zero attached hydrogens (tertiary/aromatic N) is 1. The lowest BCUT2D eigenvalue weighted by Gasteiger charge is -2.13. The molecule has 0 saturated carbocycles. The van der Waals surface area contributed by atoms with Crippen LogP contribution < -0.4 is 19.9 Å². The second kappa shape index (κ2) is 6.52. The van der Waals surface area contributed by atoms with Crippen LogP contribution in [0.25, 0.3) is 6.08 Å². The van der Waals surface area contributed by atoms with Gasteiger partial charge in [0.05, 0.1) is 27.4 Å². The first-order chi connectivity index (χ1) is 8.69. The fraction of sp³-hybridized carbons (Fsp3) is 0.308. The predicted molar refractivity (Wildman–Crippen MR) is 68.7 cm³/mol. The molecule has 0 saturated heterocycles. The van der Waals surface area contributed by atoms with E-state index < -0.39 is 0 Å². The zero-order chi connectivity index (χ0) is 13.5. The zero-order valence-corrected chi connectivity index (χ0v) is 10.7. The summed E-state index contributed by atoms with van der Waals surface area (Å²) >= 11 is 0. The largest absolute Gasteiger partial charge is 0.493 e. The standard InChI is InChI=1S/C13H16N2O3/c1-16-11-5-9(4-10(7-14)8-15)6-12(17-2)13(11)18-3/h4-6H,7,14H2,1-3H3. The molecule has 0 heterocycles. The van der Waals surface area contributed by atoms with Crippen molar-refractivity contribution in [1.29, 1.82) is 5.26 Å². The maximum absolute atomic E-state index is 8.86. The van der Waals surface area contributed by atoms with Crippen LogP contribution in [0.4, 0.5) is 0 Å². The van der Waals surface area contributed by atoms with Crippen LogP contribution in [0.15, 0.2) is 17.7 Å².